The van der Waals surface area contributed by atoms with Crippen molar-refractivity contribution < 1.29 is 0 Å². The molecule has 3 saturated carbocycles. The molecule has 6 unspecified atom stereocenters. The SMILES string of the molecule is C1=CC2CC1C1C3CCC(CCc4ccccc4)(C3)C21. The highest BCUT2D eigenvalue weighted by molar-refractivity contribution is 5.24. The highest BCUT2D eigenvalue weighted by Gasteiger charge is 2.64. The number of benzene rings is 1. The van der Waals surface area contributed by atoms with Gasteiger partial charge in [-0.05, 0) is 79.1 Å². The topological polar surface area (TPSA) is 0 Å². The second-order valence-electron chi connectivity index (χ2n) is 7.90. The molecular weight excluding hydrogens is 240 g/mol. The van der Waals surface area contributed by atoms with Gasteiger partial charge in [0.05, 0.1) is 0 Å². The molecule has 6 atom stereocenters. The standard InChI is InChI=1S/C20H24/c1-2-4-14(5-3-1)8-10-20-11-9-17(13-20)18-15-6-7-16(12-15)19(18)20/h1-7,15-19H,8-13H2. The Morgan fingerprint density at radius 2 is 1.90 bits per heavy atom. The van der Waals surface area contributed by atoms with Gasteiger partial charge in [-0.1, -0.05) is 42.5 Å². The van der Waals surface area contributed by atoms with Crippen LogP contribution < -0.4 is 0 Å². The second-order valence-corrected chi connectivity index (χ2v) is 7.90. The minimum atomic E-state index is 0.718. The first-order valence-electron chi connectivity index (χ1n) is 8.58. The summed E-state index contributed by atoms with van der Waals surface area (Å²) in [5.41, 5.74) is 2.27. The predicted octanol–water partition coefficient (Wildman–Crippen LogP) is 4.86. The van der Waals surface area contributed by atoms with Gasteiger partial charge in [-0.15, -0.1) is 0 Å². The first kappa shape index (κ1) is 11.6. The number of hydrogen-bond donors (Lipinski definition) is 0. The zero-order chi connectivity index (χ0) is 13.2. The van der Waals surface area contributed by atoms with Crippen LogP contribution in [0.25, 0.3) is 0 Å². The van der Waals surface area contributed by atoms with Crippen LogP contribution in [0.3, 0.4) is 0 Å². The third-order valence-electron chi connectivity index (χ3n) is 7.21. The highest BCUT2D eigenvalue weighted by atomic mass is 14.7. The quantitative estimate of drug-likeness (QED) is 0.540. The van der Waals surface area contributed by atoms with Crippen LogP contribution in [0.2, 0.25) is 0 Å². The molecule has 0 aliphatic heterocycles. The fourth-order valence-electron chi connectivity index (χ4n) is 6.63. The van der Waals surface area contributed by atoms with E-state index in [0.717, 1.165) is 35.0 Å². The summed E-state index contributed by atoms with van der Waals surface area (Å²) < 4.78 is 0. The molecule has 104 valence electrons. The van der Waals surface area contributed by atoms with Gasteiger partial charge in [0.25, 0.3) is 0 Å². The van der Waals surface area contributed by atoms with Gasteiger partial charge in [-0.2, -0.15) is 0 Å². The van der Waals surface area contributed by atoms with Crippen molar-refractivity contribution in [1.29, 1.82) is 0 Å². The summed E-state index contributed by atoms with van der Waals surface area (Å²) in [6, 6.07) is 11.2. The summed E-state index contributed by atoms with van der Waals surface area (Å²) in [4.78, 5) is 0. The van der Waals surface area contributed by atoms with Crippen LogP contribution in [-0.2, 0) is 6.42 Å². The van der Waals surface area contributed by atoms with Crippen LogP contribution in [-0.4, -0.2) is 0 Å². The summed E-state index contributed by atoms with van der Waals surface area (Å²) in [5, 5.41) is 0. The van der Waals surface area contributed by atoms with Gasteiger partial charge in [0, 0.05) is 0 Å². The Labute approximate surface area is 122 Å². The summed E-state index contributed by atoms with van der Waals surface area (Å²) in [7, 11) is 0. The van der Waals surface area contributed by atoms with Crippen molar-refractivity contribution in [3.05, 3.63) is 48.0 Å². The molecule has 0 saturated heterocycles. The normalized spacial score (nSPS) is 47.1. The van der Waals surface area contributed by atoms with E-state index in [0.29, 0.717) is 0 Å². The molecule has 0 heteroatoms. The zero-order valence-corrected chi connectivity index (χ0v) is 12.2. The molecule has 20 heavy (non-hydrogen) atoms. The first-order valence-corrected chi connectivity index (χ1v) is 8.58. The molecule has 1 aromatic carbocycles. The van der Waals surface area contributed by atoms with E-state index < -0.39 is 0 Å². The maximum atomic E-state index is 2.58. The monoisotopic (exact) mass is 264 g/mol. The molecule has 0 aromatic heterocycles. The maximum Gasteiger partial charge on any atom is -0.0191 e. The van der Waals surface area contributed by atoms with E-state index in [2.05, 4.69) is 42.5 Å². The van der Waals surface area contributed by atoms with Gasteiger partial charge >= 0.3 is 0 Å². The Balaban J connectivity index is 1.41. The van der Waals surface area contributed by atoms with E-state index in [4.69, 9.17) is 0 Å². The fourth-order valence-corrected chi connectivity index (χ4v) is 6.63. The molecule has 4 aliphatic rings. The van der Waals surface area contributed by atoms with Crippen molar-refractivity contribution >= 4 is 0 Å². The average molecular weight is 264 g/mol. The van der Waals surface area contributed by atoms with Crippen molar-refractivity contribution in [3.8, 4) is 0 Å². The Kier molecular flexibility index (Phi) is 2.32. The van der Waals surface area contributed by atoms with Gasteiger partial charge in [0.1, 0.15) is 0 Å². The lowest BCUT2D eigenvalue weighted by molar-refractivity contribution is 0.107. The van der Waals surface area contributed by atoms with E-state index in [1.807, 2.05) is 0 Å². The van der Waals surface area contributed by atoms with Crippen LogP contribution in [0.5, 0.6) is 0 Å². The first-order chi connectivity index (χ1) is 9.86. The molecule has 4 aliphatic carbocycles. The lowest BCUT2D eigenvalue weighted by Crippen LogP contribution is -2.34. The third-order valence-corrected chi connectivity index (χ3v) is 7.21. The molecule has 0 spiro atoms. The van der Waals surface area contributed by atoms with Crippen molar-refractivity contribution in [2.45, 2.75) is 38.5 Å². The number of rotatable bonds is 3. The average Bonchev–Trinajstić information content (AvgIpc) is 3.24. The van der Waals surface area contributed by atoms with Crippen LogP contribution >= 0.6 is 0 Å². The van der Waals surface area contributed by atoms with Crippen LogP contribution in [0.15, 0.2) is 42.5 Å². The Morgan fingerprint density at radius 3 is 2.80 bits per heavy atom. The van der Waals surface area contributed by atoms with Crippen molar-refractivity contribution in [3.63, 3.8) is 0 Å². The number of allylic oxidation sites excluding steroid dienone is 2. The Hall–Kier alpha value is -1.04. The van der Waals surface area contributed by atoms with Crippen LogP contribution in [0.1, 0.15) is 37.7 Å². The molecule has 3 fully saturated rings. The van der Waals surface area contributed by atoms with E-state index in [1.54, 1.807) is 12.0 Å². The van der Waals surface area contributed by atoms with Gasteiger partial charge in [-0.25, -0.2) is 0 Å². The molecule has 4 bridgehead atoms. The maximum absolute atomic E-state index is 2.58. The Morgan fingerprint density at radius 1 is 1.05 bits per heavy atom. The summed E-state index contributed by atoms with van der Waals surface area (Å²) in [6.07, 6.45) is 14.0. The Bertz CT molecular complexity index is 542. The van der Waals surface area contributed by atoms with Crippen molar-refractivity contribution in [2.75, 3.05) is 0 Å². The van der Waals surface area contributed by atoms with Crippen LogP contribution in [0.4, 0.5) is 0 Å². The number of aryl methyl sites for hydroxylation is 1. The third kappa shape index (κ3) is 1.43. The van der Waals surface area contributed by atoms with Crippen LogP contribution in [0, 0.1) is 35.0 Å². The lowest BCUT2D eigenvalue weighted by Gasteiger charge is -2.40. The summed E-state index contributed by atoms with van der Waals surface area (Å²) in [6.45, 7) is 0. The number of fused-ring (bicyclic) bond motifs is 9. The molecular formula is C20H24. The summed E-state index contributed by atoms with van der Waals surface area (Å²) in [5.74, 6) is 5.13. The van der Waals surface area contributed by atoms with E-state index >= 15 is 0 Å². The smallest absolute Gasteiger partial charge is 0.0191 e. The van der Waals surface area contributed by atoms with Gasteiger partial charge in [0.15, 0.2) is 0 Å². The van der Waals surface area contributed by atoms with Gasteiger partial charge in [0.2, 0.25) is 0 Å². The second kappa shape index (κ2) is 4.00. The zero-order valence-electron chi connectivity index (χ0n) is 12.2. The lowest BCUT2D eigenvalue weighted by atomic mass is 9.64. The molecule has 1 aromatic rings. The van der Waals surface area contributed by atoms with Gasteiger partial charge < -0.3 is 0 Å². The van der Waals surface area contributed by atoms with E-state index in [1.165, 1.54) is 32.1 Å². The van der Waals surface area contributed by atoms with Crippen molar-refractivity contribution in [2.24, 2.45) is 35.0 Å². The highest BCUT2D eigenvalue weighted by Crippen LogP contribution is 2.71. The molecule has 0 radical (unpaired) electrons. The summed E-state index contributed by atoms with van der Waals surface area (Å²) >= 11 is 0. The van der Waals surface area contributed by atoms with E-state index in [9.17, 15) is 0 Å². The number of hydrogen-bond acceptors (Lipinski definition) is 0. The molecule has 5 rings (SSSR count). The fraction of sp³-hybridized carbons (Fsp3) is 0.600. The van der Waals surface area contributed by atoms with E-state index in [-0.39, 0.29) is 0 Å². The molecule has 0 nitrogen and oxygen atoms in total. The molecule has 0 amide bonds. The predicted molar refractivity (Wildman–Crippen MR) is 82.3 cm³/mol. The molecule has 0 N–H and O–H groups in total. The van der Waals surface area contributed by atoms with Gasteiger partial charge in [-0.3, -0.25) is 0 Å². The molecule has 0 heterocycles. The van der Waals surface area contributed by atoms with Crippen molar-refractivity contribution in [1.82, 2.24) is 0 Å². The largest absolute Gasteiger partial charge is 0.0848 e. The minimum Gasteiger partial charge on any atom is -0.0848 e. The minimum absolute atomic E-state index is 0.718.